The van der Waals surface area contributed by atoms with Crippen LogP contribution >= 0.6 is 0 Å². The molecule has 0 aromatic heterocycles. The SMILES string of the molecule is CCC(Cc1ccc(C)c(OCc2ccccc2)c1)[N+](=O)[O-]. The van der Waals surface area contributed by atoms with Crippen LogP contribution in [0.25, 0.3) is 0 Å². The van der Waals surface area contributed by atoms with Gasteiger partial charge in [-0.3, -0.25) is 10.1 Å². The van der Waals surface area contributed by atoms with Crippen LogP contribution < -0.4 is 4.74 Å². The monoisotopic (exact) mass is 299 g/mol. The third-order valence-electron chi connectivity index (χ3n) is 3.73. The van der Waals surface area contributed by atoms with Gasteiger partial charge in [0.2, 0.25) is 6.04 Å². The molecule has 0 aliphatic heterocycles. The predicted molar refractivity (Wildman–Crippen MR) is 86.7 cm³/mol. The number of ether oxygens (including phenoxy) is 1. The van der Waals surface area contributed by atoms with Crippen molar-refractivity contribution < 1.29 is 9.66 Å². The maximum Gasteiger partial charge on any atom is 0.216 e. The van der Waals surface area contributed by atoms with E-state index in [1.54, 1.807) is 0 Å². The lowest BCUT2D eigenvalue weighted by molar-refractivity contribution is -0.522. The largest absolute Gasteiger partial charge is 0.489 e. The van der Waals surface area contributed by atoms with Crippen LogP contribution in [0, 0.1) is 17.0 Å². The normalized spacial score (nSPS) is 11.9. The Morgan fingerprint density at radius 1 is 1.14 bits per heavy atom. The average molecular weight is 299 g/mol. The highest BCUT2D eigenvalue weighted by Crippen LogP contribution is 2.22. The Balaban J connectivity index is 2.08. The molecule has 116 valence electrons. The molecule has 0 spiro atoms. The zero-order valence-corrected chi connectivity index (χ0v) is 13.0. The molecular formula is C18H21NO3. The number of benzene rings is 2. The second kappa shape index (κ2) is 7.59. The van der Waals surface area contributed by atoms with E-state index >= 15 is 0 Å². The summed E-state index contributed by atoms with van der Waals surface area (Å²) in [6.07, 6.45) is 0.965. The van der Waals surface area contributed by atoms with Gasteiger partial charge in [-0.1, -0.05) is 49.4 Å². The quantitative estimate of drug-likeness (QED) is 0.569. The fourth-order valence-corrected chi connectivity index (χ4v) is 2.30. The van der Waals surface area contributed by atoms with Crippen molar-refractivity contribution in [3.05, 3.63) is 75.3 Å². The van der Waals surface area contributed by atoms with Crippen LogP contribution in [0.1, 0.15) is 30.0 Å². The molecule has 0 N–H and O–H groups in total. The van der Waals surface area contributed by atoms with Crippen LogP contribution in [0.3, 0.4) is 0 Å². The van der Waals surface area contributed by atoms with Crippen LogP contribution in [-0.4, -0.2) is 11.0 Å². The molecule has 2 aromatic rings. The van der Waals surface area contributed by atoms with Gasteiger partial charge >= 0.3 is 0 Å². The number of hydrogen-bond donors (Lipinski definition) is 0. The van der Waals surface area contributed by atoms with Crippen molar-refractivity contribution in [1.82, 2.24) is 0 Å². The minimum Gasteiger partial charge on any atom is -0.489 e. The van der Waals surface area contributed by atoms with Crippen LogP contribution in [0.2, 0.25) is 0 Å². The van der Waals surface area contributed by atoms with Gasteiger partial charge in [-0.25, -0.2) is 0 Å². The van der Waals surface area contributed by atoms with Crippen molar-refractivity contribution in [2.45, 2.75) is 39.3 Å². The van der Waals surface area contributed by atoms with E-state index in [0.717, 1.165) is 22.4 Å². The van der Waals surface area contributed by atoms with Crippen molar-refractivity contribution in [3.63, 3.8) is 0 Å². The summed E-state index contributed by atoms with van der Waals surface area (Å²) >= 11 is 0. The summed E-state index contributed by atoms with van der Waals surface area (Å²) in [7, 11) is 0. The molecule has 0 saturated heterocycles. The highest BCUT2D eigenvalue weighted by atomic mass is 16.6. The molecule has 0 aliphatic rings. The van der Waals surface area contributed by atoms with Gasteiger partial charge in [-0.15, -0.1) is 0 Å². The molecule has 0 fully saturated rings. The summed E-state index contributed by atoms with van der Waals surface area (Å²) in [6.45, 7) is 4.32. The Morgan fingerprint density at radius 3 is 2.50 bits per heavy atom. The van der Waals surface area contributed by atoms with Crippen molar-refractivity contribution in [2.75, 3.05) is 0 Å². The van der Waals surface area contributed by atoms with Crippen molar-refractivity contribution in [2.24, 2.45) is 0 Å². The lowest BCUT2D eigenvalue weighted by Crippen LogP contribution is -2.21. The number of nitro groups is 1. The van der Waals surface area contributed by atoms with Crippen LogP contribution in [0.4, 0.5) is 0 Å². The molecule has 22 heavy (non-hydrogen) atoms. The Morgan fingerprint density at radius 2 is 1.86 bits per heavy atom. The minimum atomic E-state index is -0.537. The molecule has 0 bridgehead atoms. The van der Waals surface area contributed by atoms with Gasteiger partial charge in [0.1, 0.15) is 12.4 Å². The standard InChI is InChI=1S/C18H21NO3/c1-3-17(19(20)21)11-16-10-9-14(2)18(12-16)22-13-15-7-5-4-6-8-15/h4-10,12,17H,3,11,13H2,1-2H3. The summed E-state index contributed by atoms with van der Waals surface area (Å²) in [4.78, 5) is 10.8. The molecule has 2 aromatic carbocycles. The van der Waals surface area contributed by atoms with Crippen molar-refractivity contribution in [1.29, 1.82) is 0 Å². The molecule has 4 nitrogen and oxygen atoms in total. The van der Waals surface area contributed by atoms with E-state index in [4.69, 9.17) is 4.74 Å². The zero-order chi connectivity index (χ0) is 15.9. The van der Waals surface area contributed by atoms with E-state index in [1.165, 1.54) is 0 Å². The molecule has 2 rings (SSSR count). The molecule has 0 radical (unpaired) electrons. The fourth-order valence-electron chi connectivity index (χ4n) is 2.30. The van der Waals surface area contributed by atoms with Gasteiger partial charge in [-0.2, -0.15) is 0 Å². The Hall–Kier alpha value is -2.36. The second-order valence-corrected chi connectivity index (χ2v) is 5.43. The first-order chi connectivity index (χ1) is 10.6. The van der Waals surface area contributed by atoms with Gasteiger partial charge in [0.15, 0.2) is 0 Å². The highest BCUT2D eigenvalue weighted by molar-refractivity contribution is 5.37. The maximum atomic E-state index is 11.0. The highest BCUT2D eigenvalue weighted by Gasteiger charge is 2.18. The lowest BCUT2D eigenvalue weighted by atomic mass is 10.0. The number of rotatable bonds is 7. The first kappa shape index (κ1) is 16.0. The van der Waals surface area contributed by atoms with E-state index in [9.17, 15) is 10.1 Å². The van der Waals surface area contributed by atoms with Gasteiger partial charge in [-0.05, 0) is 29.7 Å². The summed E-state index contributed by atoms with van der Waals surface area (Å²) in [6, 6.07) is 15.2. The Bertz CT molecular complexity index is 625. The topological polar surface area (TPSA) is 52.4 Å². The molecule has 0 amide bonds. The number of nitrogens with zero attached hydrogens (tertiary/aromatic N) is 1. The van der Waals surface area contributed by atoms with Crippen LogP contribution in [0.15, 0.2) is 48.5 Å². The molecule has 0 saturated carbocycles. The lowest BCUT2D eigenvalue weighted by Gasteiger charge is -2.12. The molecule has 4 heteroatoms. The Kier molecular flexibility index (Phi) is 5.53. The number of hydrogen-bond acceptors (Lipinski definition) is 3. The van der Waals surface area contributed by atoms with Crippen molar-refractivity contribution in [3.8, 4) is 5.75 Å². The van der Waals surface area contributed by atoms with E-state index in [-0.39, 0.29) is 4.92 Å². The van der Waals surface area contributed by atoms with Crippen molar-refractivity contribution >= 4 is 0 Å². The van der Waals surface area contributed by atoms with E-state index in [1.807, 2.05) is 62.4 Å². The van der Waals surface area contributed by atoms with Gasteiger partial charge in [0.25, 0.3) is 0 Å². The van der Waals surface area contributed by atoms with Gasteiger partial charge < -0.3 is 4.74 Å². The van der Waals surface area contributed by atoms with E-state index in [2.05, 4.69) is 0 Å². The first-order valence-electron chi connectivity index (χ1n) is 7.50. The van der Waals surface area contributed by atoms with E-state index < -0.39 is 6.04 Å². The average Bonchev–Trinajstić information content (AvgIpc) is 2.53. The zero-order valence-electron chi connectivity index (χ0n) is 13.0. The number of aryl methyl sites for hydroxylation is 1. The van der Waals surface area contributed by atoms with Crippen LogP contribution in [0.5, 0.6) is 5.75 Å². The smallest absolute Gasteiger partial charge is 0.216 e. The Labute approximate surface area is 130 Å². The first-order valence-corrected chi connectivity index (χ1v) is 7.50. The maximum absolute atomic E-state index is 11.0. The molecule has 1 atom stereocenters. The molecule has 0 heterocycles. The minimum absolute atomic E-state index is 0.204. The third-order valence-corrected chi connectivity index (χ3v) is 3.73. The van der Waals surface area contributed by atoms with Gasteiger partial charge in [0.05, 0.1) is 0 Å². The summed E-state index contributed by atoms with van der Waals surface area (Å²) in [5.41, 5.74) is 3.08. The summed E-state index contributed by atoms with van der Waals surface area (Å²) in [5, 5.41) is 11.0. The third kappa shape index (κ3) is 4.32. The fraction of sp³-hybridized carbons (Fsp3) is 0.333. The molecule has 1 unspecified atom stereocenters. The summed E-state index contributed by atoms with van der Waals surface area (Å²) < 4.78 is 5.87. The predicted octanol–water partition coefficient (Wildman–Crippen LogP) is 4.17. The summed E-state index contributed by atoms with van der Waals surface area (Å²) in [5.74, 6) is 0.791. The van der Waals surface area contributed by atoms with Gasteiger partial charge in [0, 0.05) is 17.8 Å². The molecular weight excluding hydrogens is 278 g/mol. The van der Waals surface area contributed by atoms with E-state index in [0.29, 0.717) is 19.4 Å². The second-order valence-electron chi connectivity index (χ2n) is 5.43. The van der Waals surface area contributed by atoms with Crippen LogP contribution in [-0.2, 0) is 13.0 Å². The molecule has 0 aliphatic carbocycles.